The minimum absolute atomic E-state index is 0.165. The number of benzene rings is 2. The molecule has 2 aromatic carbocycles. The van der Waals surface area contributed by atoms with Gasteiger partial charge < -0.3 is 4.57 Å². The van der Waals surface area contributed by atoms with E-state index in [1.165, 1.54) is 4.90 Å². The van der Waals surface area contributed by atoms with Crippen molar-refractivity contribution in [1.29, 1.82) is 0 Å². The molecule has 1 saturated heterocycles. The predicted octanol–water partition coefficient (Wildman–Crippen LogP) is 2.70. The highest BCUT2D eigenvalue weighted by Crippen LogP contribution is 2.30. The number of anilines is 1. The maximum Gasteiger partial charge on any atom is 0.240 e. The van der Waals surface area contributed by atoms with Crippen molar-refractivity contribution in [3.05, 3.63) is 60.2 Å². The number of aryl methyl sites for hydroxylation is 1. The van der Waals surface area contributed by atoms with Gasteiger partial charge in [-0.1, -0.05) is 42.5 Å². The summed E-state index contributed by atoms with van der Waals surface area (Å²) in [6.45, 7) is 0. The molecule has 5 heteroatoms. The van der Waals surface area contributed by atoms with E-state index in [-0.39, 0.29) is 24.2 Å². The average molecular weight is 319 g/mol. The van der Waals surface area contributed by atoms with Crippen LogP contribution in [-0.4, -0.2) is 21.4 Å². The summed E-state index contributed by atoms with van der Waals surface area (Å²) in [6.07, 6.45) is 0.808. The lowest BCUT2D eigenvalue weighted by Gasteiger charge is -2.14. The Morgan fingerprint density at radius 2 is 1.75 bits per heavy atom. The third-order valence-electron chi connectivity index (χ3n) is 4.53. The first-order valence-electron chi connectivity index (χ1n) is 7.97. The summed E-state index contributed by atoms with van der Waals surface area (Å²) in [5, 5.41) is 0. The van der Waals surface area contributed by atoms with E-state index in [0.717, 1.165) is 16.6 Å². The second kappa shape index (κ2) is 5.60. The van der Waals surface area contributed by atoms with Gasteiger partial charge in [0.2, 0.25) is 17.8 Å². The monoisotopic (exact) mass is 319 g/mol. The van der Waals surface area contributed by atoms with Gasteiger partial charge in [-0.25, -0.2) is 9.88 Å². The molecule has 24 heavy (non-hydrogen) atoms. The summed E-state index contributed by atoms with van der Waals surface area (Å²) in [6, 6.07) is 17.4. The number of hydrogen-bond donors (Lipinski definition) is 0. The molecule has 5 nitrogen and oxygen atoms in total. The van der Waals surface area contributed by atoms with Crippen molar-refractivity contribution in [3.8, 4) is 0 Å². The molecule has 120 valence electrons. The maximum atomic E-state index is 12.8. The van der Waals surface area contributed by atoms with E-state index in [1.807, 2.05) is 61.6 Å². The summed E-state index contributed by atoms with van der Waals surface area (Å²) in [7, 11) is 1.83. The van der Waals surface area contributed by atoms with Crippen LogP contribution in [0.15, 0.2) is 54.6 Å². The SMILES string of the molecule is Cn1c(N2C(=O)C[C@H](Cc3ccccc3)C2=O)nc2ccccc21. The number of para-hydroxylation sites is 2. The molecule has 2 heterocycles. The second-order valence-corrected chi connectivity index (χ2v) is 6.12. The topological polar surface area (TPSA) is 55.2 Å². The average Bonchev–Trinajstić information content (AvgIpc) is 3.06. The lowest BCUT2D eigenvalue weighted by molar-refractivity contribution is -0.122. The number of amides is 2. The highest BCUT2D eigenvalue weighted by Gasteiger charge is 2.41. The van der Waals surface area contributed by atoms with Gasteiger partial charge in [-0.15, -0.1) is 0 Å². The first-order chi connectivity index (χ1) is 11.6. The van der Waals surface area contributed by atoms with Crippen LogP contribution in [0.25, 0.3) is 11.0 Å². The smallest absolute Gasteiger partial charge is 0.240 e. The van der Waals surface area contributed by atoms with Crippen molar-refractivity contribution < 1.29 is 9.59 Å². The normalized spacial score (nSPS) is 17.9. The molecule has 0 N–H and O–H groups in total. The van der Waals surface area contributed by atoms with Crippen LogP contribution in [-0.2, 0) is 23.1 Å². The van der Waals surface area contributed by atoms with E-state index in [4.69, 9.17) is 0 Å². The number of nitrogens with zero attached hydrogens (tertiary/aromatic N) is 3. The highest BCUT2D eigenvalue weighted by molar-refractivity contribution is 6.20. The molecule has 1 aliphatic heterocycles. The van der Waals surface area contributed by atoms with Gasteiger partial charge in [0.15, 0.2) is 0 Å². The first-order valence-corrected chi connectivity index (χ1v) is 7.97. The summed E-state index contributed by atoms with van der Waals surface area (Å²) in [5.74, 6) is -0.261. The Morgan fingerprint density at radius 1 is 1.04 bits per heavy atom. The van der Waals surface area contributed by atoms with Crippen molar-refractivity contribution in [2.75, 3.05) is 4.90 Å². The molecule has 0 radical (unpaired) electrons. The zero-order chi connectivity index (χ0) is 16.7. The molecule has 2 amide bonds. The molecule has 1 fully saturated rings. The lowest BCUT2D eigenvalue weighted by atomic mass is 9.98. The molecule has 1 aliphatic rings. The van der Waals surface area contributed by atoms with E-state index < -0.39 is 0 Å². The van der Waals surface area contributed by atoms with E-state index in [0.29, 0.717) is 12.4 Å². The van der Waals surface area contributed by atoms with E-state index in [1.54, 1.807) is 4.57 Å². The van der Waals surface area contributed by atoms with Crippen LogP contribution >= 0.6 is 0 Å². The predicted molar refractivity (Wildman–Crippen MR) is 91.5 cm³/mol. The molecule has 1 atom stereocenters. The van der Waals surface area contributed by atoms with Gasteiger partial charge in [0, 0.05) is 13.5 Å². The molecular weight excluding hydrogens is 302 g/mol. The number of imide groups is 1. The molecule has 3 aromatic rings. The molecule has 0 unspecified atom stereocenters. The number of rotatable bonds is 3. The van der Waals surface area contributed by atoms with E-state index >= 15 is 0 Å². The number of carbonyl (C=O) groups is 2. The minimum Gasteiger partial charge on any atom is -0.312 e. The third kappa shape index (κ3) is 2.29. The van der Waals surface area contributed by atoms with Gasteiger partial charge in [-0.2, -0.15) is 0 Å². The fraction of sp³-hybridized carbons (Fsp3) is 0.211. The van der Waals surface area contributed by atoms with Crippen LogP contribution in [0.3, 0.4) is 0 Å². The van der Waals surface area contributed by atoms with Crippen LogP contribution in [0.2, 0.25) is 0 Å². The third-order valence-corrected chi connectivity index (χ3v) is 4.53. The van der Waals surface area contributed by atoms with Gasteiger partial charge in [0.05, 0.1) is 17.0 Å². The molecule has 0 saturated carbocycles. The zero-order valence-electron chi connectivity index (χ0n) is 13.3. The Hall–Kier alpha value is -2.95. The van der Waals surface area contributed by atoms with Crippen molar-refractivity contribution in [1.82, 2.24) is 9.55 Å². The van der Waals surface area contributed by atoms with Crippen LogP contribution in [0.1, 0.15) is 12.0 Å². The highest BCUT2D eigenvalue weighted by atomic mass is 16.2. The number of hydrogen-bond acceptors (Lipinski definition) is 3. The maximum absolute atomic E-state index is 12.8. The summed E-state index contributed by atoms with van der Waals surface area (Å²) < 4.78 is 1.80. The zero-order valence-corrected chi connectivity index (χ0v) is 13.3. The molecule has 1 aromatic heterocycles. The van der Waals surface area contributed by atoms with Gasteiger partial charge in [-0.05, 0) is 24.1 Å². The number of imidazole rings is 1. The Bertz CT molecular complexity index is 930. The molecule has 0 spiro atoms. The molecular formula is C19H17N3O2. The number of fused-ring (bicyclic) bond motifs is 1. The Kier molecular flexibility index (Phi) is 3.41. The van der Waals surface area contributed by atoms with Crippen molar-refractivity contribution in [3.63, 3.8) is 0 Å². The van der Waals surface area contributed by atoms with E-state index in [9.17, 15) is 9.59 Å². The van der Waals surface area contributed by atoms with E-state index in [2.05, 4.69) is 4.98 Å². The Morgan fingerprint density at radius 3 is 2.50 bits per heavy atom. The summed E-state index contributed by atoms with van der Waals surface area (Å²) in [4.78, 5) is 31.0. The molecule has 4 rings (SSSR count). The summed E-state index contributed by atoms with van der Waals surface area (Å²) >= 11 is 0. The first kappa shape index (κ1) is 14.6. The fourth-order valence-electron chi connectivity index (χ4n) is 3.30. The number of carbonyl (C=O) groups excluding carboxylic acids is 2. The van der Waals surface area contributed by atoms with Crippen LogP contribution in [0, 0.1) is 5.92 Å². The molecule has 0 aliphatic carbocycles. The van der Waals surface area contributed by atoms with Crippen molar-refractivity contribution in [2.24, 2.45) is 13.0 Å². The second-order valence-electron chi connectivity index (χ2n) is 6.12. The quantitative estimate of drug-likeness (QED) is 0.698. The Balaban J connectivity index is 1.67. The fourth-order valence-corrected chi connectivity index (χ4v) is 3.30. The molecule has 0 bridgehead atoms. The van der Waals surface area contributed by atoms with Gasteiger partial charge >= 0.3 is 0 Å². The van der Waals surface area contributed by atoms with Crippen LogP contribution < -0.4 is 4.90 Å². The van der Waals surface area contributed by atoms with Crippen LogP contribution in [0.5, 0.6) is 0 Å². The minimum atomic E-state index is -0.320. The van der Waals surface area contributed by atoms with Crippen molar-refractivity contribution in [2.45, 2.75) is 12.8 Å². The lowest BCUT2D eigenvalue weighted by Crippen LogP contribution is -2.33. The largest absolute Gasteiger partial charge is 0.312 e. The Labute approximate surface area is 139 Å². The van der Waals surface area contributed by atoms with Gasteiger partial charge in [0.1, 0.15) is 0 Å². The summed E-state index contributed by atoms with van der Waals surface area (Å²) in [5.41, 5.74) is 2.75. The standard InChI is InChI=1S/C19H17N3O2/c1-21-16-10-6-5-9-15(16)20-19(21)22-17(23)12-14(18(22)24)11-13-7-3-2-4-8-13/h2-10,14H,11-12H2,1H3/t14-/m0/s1. The van der Waals surface area contributed by atoms with Gasteiger partial charge in [-0.3, -0.25) is 9.59 Å². The number of aromatic nitrogens is 2. The van der Waals surface area contributed by atoms with Gasteiger partial charge in [0.25, 0.3) is 0 Å². The van der Waals surface area contributed by atoms with Crippen molar-refractivity contribution >= 4 is 28.8 Å². The van der Waals surface area contributed by atoms with Crippen LogP contribution in [0.4, 0.5) is 5.95 Å².